The van der Waals surface area contributed by atoms with Gasteiger partial charge in [-0.15, -0.1) is 5.10 Å². The average Bonchev–Trinajstić information content (AvgIpc) is 3.49. The van der Waals surface area contributed by atoms with E-state index in [-0.39, 0.29) is 35.8 Å². The van der Waals surface area contributed by atoms with Crippen LogP contribution in [0.4, 0.5) is 22.1 Å². The van der Waals surface area contributed by atoms with Crippen molar-refractivity contribution in [1.29, 1.82) is 0 Å². The molecule has 218 valence electrons. The van der Waals surface area contributed by atoms with E-state index in [9.17, 15) is 14.4 Å². The zero-order chi connectivity index (χ0) is 30.3. The third-order valence-corrected chi connectivity index (χ3v) is 6.83. The van der Waals surface area contributed by atoms with Crippen molar-refractivity contribution in [3.8, 4) is 0 Å². The molecule has 0 bridgehead atoms. The second-order valence-electron chi connectivity index (χ2n) is 10.8. The Kier molecular flexibility index (Phi) is 9.31. The first kappa shape index (κ1) is 29.9. The van der Waals surface area contributed by atoms with Gasteiger partial charge in [-0.25, -0.2) is 4.79 Å². The number of nitrogens with one attached hydrogen (secondary N) is 3. The molecule has 0 fully saturated rings. The highest BCUT2D eigenvalue weighted by molar-refractivity contribution is 6.04. The molecule has 3 aromatic carbocycles. The third kappa shape index (κ3) is 7.36. The van der Waals surface area contributed by atoms with Crippen LogP contribution in [0.1, 0.15) is 66.5 Å². The minimum Gasteiger partial charge on any atom is -0.339 e. The van der Waals surface area contributed by atoms with Gasteiger partial charge in [0.1, 0.15) is 0 Å². The standard InChI is InChI=1S/C31H36N8O3/c1-6-38(7-2)28(41)23-9-8-10-25(19-23)32-30(42)39(26-17-15-24(16-18-26)31(3,4)5)20-21-11-13-22(14-12-21)27(40)33-29-34-36-37-35-29/h8-19H,6-7,20H2,1-5H3,(H,32,42)(H2,33,34,35,36,37,40). The molecular formula is C31H36N8O3. The lowest BCUT2D eigenvalue weighted by atomic mass is 9.87. The van der Waals surface area contributed by atoms with E-state index in [0.29, 0.717) is 35.6 Å². The van der Waals surface area contributed by atoms with Crippen molar-refractivity contribution in [1.82, 2.24) is 25.5 Å². The van der Waals surface area contributed by atoms with Crippen LogP contribution in [0.5, 0.6) is 0 Å². The normalized spacial score (nSPS) is 11.1. The predicted octanol–water partition coefficient (Wildman–Crippen LogP) is 5.47. The van der Waals surface area contributed by atoms with Crippen molar-refractivity contribution < 1.29 is 14.4 Å². The molecule has 0 saturated carbocycles. The van der Waals surface area contributed by atoms with Crippen molar-refractivity contribution in [2.24, 2.45) is 0 Å². The van der Waals surface area contributed by atoms with Crippen LogP contribution in [-0.2, 0) is 12.0 Å². The summed E-state index contributed by atoms with van der Waals surface area (Å²) in [6.07, 6.45) is 0. The van der Waals surface area contributed by atoms with Gasteiger partial charge in [0.2, 0.25) is 0 Å². The largest absolute Gasteiger partial charge is 0.339 e. The van der Waals surface area contributed by atoms with E-state index in [1.54, 1.807) is 58.3 Å². The highest BCUT2D eigenvalue weighted by Crippen LogP contribution is 2.27. The fourth-order valence-corrected chi connectivity index (χ4v) is 4.37. The summed E-state index contributed by atoms with van der Waals surface area (Å²) < 4.78 is 0. The van der Waals surface area contributed by atoms with Crippen molar-refractivity contribution in [2.75, 3.05) is 28.6 Å². The lowest BCUT2D eigenvalue weighted by Gasteiger charge is -2.25. The molecule has 0 unspecified atom stereocenters. The smallest absolute Gasteiger partial charge is 0.326 e. The molecule has 0 radical (unpaired) electrons. The summed E-state index contributed by atoms with van der Waals surface area (Å²) in [5.74, 6) is -0.392. The average molecular weight is 569 g/mol. The van der Waals surface area contributed by atoms with Crippen LogP contribution in [0.25, 0.3) is 0 Å². The highest BCUT2D eigenvalue weighted by atomic mass is 16.2. The van der Waals surface area contributed by atoms with Gasteiger partial charge < -0.3 is 10.2 Å². The Labute approximate surface area is 245 Å². The molecule has 0 aliphatic carbocycles. The van der Waals surface area contributed by atoms with Crippen LogP contribution in [0, 0.1) is 0 Å². The maximum absolute atomic E-state index is 13.7. The van der Waals surface area contributed by atoms with Crippen LogP contribution in [0.3, 0.4) is 0 Å². The van der Waals surface area contributed by atoms with Gasteiger partial charge in [-0.05, 0) is 78.1 Å². The molecule has 1 heterocycles. The highest BCUT2D eigenvalue weighted by Gasteiger charge is 2.20. The summed E-state index contributed by atoms with van der Waals surface area (Å²) >= 11 is 0. The number of anilines is 3. The number of H-pyrrole nitrogens is 1. The van der Waals surface area contributed by atoms with E-state index in [1.807, 2.05) is 38.1 Å². The number of aromatic nitrogens is 4. The number of hydrogen-bond acceptors (Lipinski definition) is 6. The quantitative estimate of drug-likeness (QED) is 0.245. The fourth-order valence-electron chi connectivity index (χ4n) is 4.37. The zero-order valence-electron chi connectivity index (χ0n) is 24.5. The van der Waals surface area contributed by atoms with Crippen molar-refractivity contribution in [2.45, 2.75) is 46.6 Å². The second-order valence-corrected chi connectivity index (χ2v) is 10.8. The number of carbonyl (C=O) groups excluding carboxylic acids is 3. The van der Waals surface area contributed by atoms with Gasteiger partial charge in [-0.2, -0.15) is 5.21 Å². The van der Waals surface area contributed by atoms with Gasteiger partial charge in [0, 0.05) is 35.6 Å². The number of amides is 4. The molecule has 1 aromatic heterocycles. The fraction of sp³-hybridized carbons (Fsp3) is 0.290. The van der Waals surface area contributed by atoms with Crippen LogP contribution in [0.2, 0.25) is 0 Å². The van der Waals surface area contributed by atoms with Crippen LogP contribution in [-0.4, -0.2) is 56.5 Å². The SMILES string of the molecule is CCN(CC)C(=O)c1cccc(NC(=O)N(Cc2ccc(C(=O)Nc3nn[nH]n3)cc2)c2ccc(C(C)(C)C)cc2)c1. The summed E-state index contributed by atoms with van der Waals surface area (Å²) in [5.41, 5.74) is 4.05. The number of tetrazole rings is 1. The Morgan fingerprint density at radius 2 is 1.55 bits per heavy atom. The first-order valence-electron chi connectivity index (χ1n) is 13.8. The minimum atomic E-state index is -0.380. The topological polar surface area (TPSA) is 136 Å². The lowest BCUT2D eigenvalue weighted by Crippen LogP contribution is -2.35. The number of carbonyl (C=O) groups is 3. The second kappa shape index (κ2) is 13.1. The van der Waals surface area contributed by atoms with Crippen LogP contribution in [0.15, 0.2) is 72.8 Å². The number of benzene rings is 3. The monoisotopic (exact) mass is 568 g/mol. The Morgan fingerprint density at radius 3 is 2.14 bits per heavy atom. The van der Waals surface area contributed by atoms with E-state index in [0.717, 1.165) is 11.1 Å². The predicted molar refractivity (Wildman–Crippen MR) is 163 cm³/mol. The van der Waals surface area contributed by atoms with Crippen molar-refractivity contribution in [3.05, 3.63) is 95.1 Å². The van der Waals surface area contributed by atoms with E-state index < -0.39 is 0 Å². The van der Waals surface area contributed by atoms with Gasteiger partial charge in [-0.3, -0.25) is 19.8 Å². The van der Waals surface area contributed by atoms with Gasteiger partial charge in [0.25, 0.3) is 17.8 Å². The summed E-state index contributed by atoms with van der Waals surface area (Å²) in [5, 5.41) is 18.7. The van der Waals surface area contributed by atoms with E-state index >= 15 is 0 Å². The molecule has 0 spiro atoms. The van der Waals surface area contributed by atoms with Gasteiger partial charge >= 0.3 is 6.03 Å². The van der Waals surface area contributed by atoms with Crippen LogP contribution < -0.4 is 15.5 Å². The number of nitrogens with zero attached hydrogens (tertiary/aromatic N) is 5. The number of rotatable bonds is 9. The molecule has 0 atom stereocenters. The van der Waals surface area contributed by atoms with Crippen molar-refractivity contribution >= 4 is 35.2 Å². The first-order chi connectivity index (χ1) is 20.1. The van der Waals surface area contributed by atoms with Crippen LogP contribution >= 0.6 is 0 Å². The lowest BCUT2D eigenvalue weighted by molar-refractivity contribution is 0.0772. The molecule has 42 heavy (non-hydrogen) atoms. The Hall–Kier alpha value is -5.06. The van der Waals surface area contributed by atoms with Gasteiger partial charge in [0.15, 0.2) is 0 Å². The molecule has 4 rings (SSSR count). The number of urea groups is 1. The van der Waals surface area contributed by atoms with Gasteiger partial charge in [0.05, 0.1) is 6.54 Å². The van der Waals surface area contributed by atoms with E-state index in [2.05, 4.69) is 52.0 Å². The Balaban J connectivity index is 1.57. The Bertz CT molecular complexity index is 1510. The van der Waals surface area contributed by atoms with Gasteiger partial charge in [-0.1, -0.05) is 56.2 Å². The maximum atomic E-state index is 13.7. The molecule has 0 aliphatic heterocycles. The minimum absolute atomic E-state index is 0.0403. The summed E-state index contributed by atoms with van der Waals surface area (Å²) in [6.45, 7) is 11.7. The van der Waals surface area contributed by atoms with E-state index in [1.165, 1.54) is 0 Å². The maximum Gasteiger partial charge on any atom is 0.326 e. The molecular weight excluding hydrogens is 532 g/mol. The molecule has 11 nitrogen and oxygen atoms in total. The molecule has 11 heteroatoms. The van der Waals surface area contributed by atoms with E-state index in [4.69, 9.17) is 0 Å². The zero-order valence-corrected chi connectivity index (χ0v) is 24.5. The third-order valence-electron chi connectivity index (χ3n) is 6.83. The summed E-state index contributed by atoms with van der Waals surface area (Å²) in [6, 6.07) is 21.4. The number of aromatic amines is 1. The van der Waals surface area contributed by atoms with Crippen molar-refractivity contribution in [3.63, 3.8) is 0 Å². The summed E-state index contributed by atoms with van der Waals surface area (Å²) in [7, 11) is 0. The molecule has 4 aromatic rings. The molecule has 0 saturated heterocycles. The molecule has 4 amide bonds. The summed E-state index contributed by atoms with van der Waals surface area (Å²) in [4.78, 5) is 42.5. The molecule has 3 N–H and O–H groups in total. The molecule has 0 aliphatic rings. The first-order valence-corrected chi connectivity index (χ1v) is 13.8. The Morgan fingerprint density at radius 1 is 0.857 bits per heavy atom. The number of hydrogen-bond donors (Lipinski definition) is 3.